The Morgan fingerprint density at radius 3 is 1.93 bits per heavy atom. The standard InChI is InChI=1S/C8H5BrF3IO/c9-6-3-1-5(2-4-6)7(13,14)8(10,11)12/h1-4,14H/t7-/m1/s1. The second-order valence-corrected chi connectivity index (χ2v) is 5.10. The molecule has 0 aliphatic rings. The van der Waals surface area contributed by atoms with Gasteiger partial charge in [0.25, 0.3) is 0 Å². The molecule has 0 amide bonds. The van der Waals surface area contributed by atoms with Crippen molar-refractivity contribution >= 4 is 38.5 Å². The van der Waals surface area contributed by atoms with Crippen LogP contribution in [0.5, 0.6) is 0 Å². The lowest BCUT2D eigenvalue weighted by atomic mass is 10.1. The van der Waals surface area contributed by atoms with Gasteiger partial charge in [0.2, 0.25) is 3.61 Å². The van der Waals surface area contributed by atoms with Crippen LogP contribution in [0.15, 0.2) is 28.7 Å². The van der Waals surface area contributed by atoms with E-state index in [4.69, 9.17) is 0 Å². The number of halogens is 5. The molecule has 1 rings (SSSR count). The molecule has 0 saturated heterocycles. The van der Waals surface area contributed by atoms with Crippen molar-refractivity contribution in [2.45, 2.75) is 9.78 Å². The molecule has 14 heavy (non-hydrogen) atoms. The van der Waals surface area contributed by atoms with Crippen LogP contribution in [0.4, 0.5) is 13.2 Å². The molecule has 0 aliphatic carbocycles. The smallest absolute Gasteiger partial charge is 0.368 e. The van der Waals surface area contributed by atoms with Crippen molar-refractivity contribution in [2.24, 2.45) is 0 Å². The Hall–Kier alpha value is 0.180. The highest BCUT2D eigenvalue weighted by Crippen LogP contribution is 2.44. The van der Waals surface area contributed by atoms with Crippen LogP contribution in [0.1, 0.15) is 5.56 Å². The van der Waals surface area contributed by atoms with Crippen LogP contribution in [0.3, 0.4) is 0 Å². The highest BCUT2D eigenvalue weighted by Gasteiger charge is 2.53. The van der Waals surface area contributed by atoms with Gasteiger partial charge in [-0.15, -0.1) is 0 Å². The normalized spacial score (nSPS) is 16.4. The van der Waals surface area contributed by atoms with E-state index < -0.39 is 9.78 Å². The molecule has 1 aromatic rings. The van der Waals surface area contributed by atoms with E-state index in [2.05, 4.69) is 15.9 Å². The minimum absolute atomic E-state index is 0.186. The summed E-state index contributed by atoms with van der Waals surface area (Å²) in [4.78, 5) is 0. The molecule has 1 N–H and O–H groups in total. The van der Waals surface area contributed by atoms with E-state index in [1.54, 1.807) is 0 Å². The zero-order chi connectivity index (χ0) is 11.0. The van der Waals surface area contributed by atoms with Crippen molar-refractivity contribution in [3.63, 3.8) is 0 Å². The zero-order valence-corrected chi connectivity index (χ0v) is 10.4. The molecule has 0 fully saturated rings. The Labute approximate surface area is 101 Å². The van der Waals surface area contributed by atoms with Gasteiger partial charge >= 0.3 is 6.18 Å². The van der Waals surface area contributed by atoms with Crippen molar-refractivity contribution in [3.8, 4) is 0 Å². The van der Waals surface area contributed by atoms with Crippen molar-refractivity contribution < 1.29 is 18.3 Å². The Balaban J connectivity index is 3.10. The number of rotatable bonds is 1. The molecule has 0 radical (unpaired) electrons. The molecule has 0 bridgehead atoms. The summed E-state index contributed by atoms with van der Waals surface area (Å²) in [5, 5.41) is 9.26. The molecular formula is C8H5BrF3IO. The van der Waals surface area contributed by atoms with Crippen molar-refractivity contribution in [3.05, 3.63) is 34.3 Å². The van der Waals surface area contributed by atoms with Gasteiger partial charge in [-0.3, -0.25) is 0 Å². The first-order valence-electron chi connectivity index (χ1n) is 3.49. The topological polar surface area (TPSA) is 20.2 Å². The first-order valence-corrected chi connectivity index (χ1v) is 5.36. The maximum absolute atomic E-state index is 12.4. The number of benzene rings is 1. The average Bonchev–Trinajstić information content (AvgIpc) is 2.03. The van der Waals surface area contributed by atoms with Crippen LogP contribution in [0, 0.1) is 0 Å². The SMILES string of the molecule is O[C@](I)(c1ccc(Br)cc1)C(F)(F)F. The van der Waals surface area contributed by atoms with E-state index in [9.17, 15) is 18.3 Å². The third kappa shape index (κ3) is 2.40. The van der Waals surface area contributed by atoms with Crippen LogP contribution in [-0.4, -0.2) is 11.3 Å². The van der Waals surface area contributed by atoms with Gasteiger partial charge < -0.3 is 5.11 Å². The monoisotopic (exact) mass is 380 g/mol. The van der Waals surface area contributed by atoms with Gasteiger partial charge in [-0.25, -0.2) is 0 Å². The Morgan fingerprint density at radius 1 is 1.14 bits per heavy atom. The van der Waals surface area contributed by atoms with Gasteiger partial charge in [0.15, 0.2) is 0 Å². The predicted octanol–water partition coefficient (Wildman–Crippen LogP) is 3.59. The minimum atomic E-state index is -4.68. The number of aliphatic hydroxyl groups is 1. The number of hydrogen-bond acceptors (Lipinski definition) is 1. The molecule has 1 aromatic carbocycles. The van der Waals surface area contributed by atoms with Gasteiger partial charge in [0.1, 0.15) is 0 Å². The van der Waals surface area contributed by atoms with E-state index >= 15 is 0 Å². The predicted molar refractivity (Wildman–Crippen MR) is 58.1 cm³/mol. The molecule has 0 aliphatic heterocycles. The molecule has 78 valence electrons. The van der Waals surface area contributed by atoms with Crippen molar-refractivity contribution in [1.29, 1.82) is 0 Å². The van der Waals surface area contributed by atoms with Crippen LogP contribution in [0.25, 0.3) is 0 Å². The zero-order valence-electron chi connectivity index (χ0n) is 6.65. The maximum Gasteiger partial charge on any atom is 0.430 e. The maximum atomic E-state index is 12.4. The molecule has 1 nitrogen and oxygen atoms in total. The summed E-state index contributed by atoms with van der Waals surface area (Å²) in [5.74, 6) is 0. The fourth-order valence-electron chi connectivity index (χ4n) is 0.834. The summed E-state index contributed by atoms with van der Waals surface area (Å²) in [6.45, 7) is 0. The molecule has 0 unspecified atom stereocenters. The summed E-state index contributed by atoms with van der Waals surface area (Å²) >= 11 is 4.07. The summed E-state index contributed by atoms with van der Waals surface area (Å²) < 4.78 is 34.9. The van der Waals surface area contributed by atoms with Crippen LogP contribution in [-0.2, 0) is 3.61 Å². The van der Waals surface area contributed by atoms with E-state index in [1.165, 1.54) is 24.3 Å². The van der Waals surface area contributed by atoms with E-state index in [0.717, 1.165) is 22.6 Å². The van der Waals surface area contributed by atoms with Crippen LogP contribution < -0.4 is 0 Å². The number of alkyl halides is 4. The lowest BCUT2D eigenvalue weighted by Gasteiger charge is -2.24. The fraction of sp³-hybridized carbons (Fsp3) is 0.250. The molecule has 0 spiro atoms. The van der Waals surface area contributed by atoms with Crippen LogP contribution in [0.2, 0.25) is 0 Å². The lowest BCUT2D eigenvalue weighted by molar-refractivity contribution is -0.216. The first kappa shape index (κ1) is 12.3. The summed E-state index contributed by atoms with van der Waals surface area (Å²) in [6, 6.07) is 5.35. The van der Waals surface area contributed by atoms with Gasteiger partial charge in [0, 0.05) is 10.0 Å². The van der Waals surface area contributed by atoms with Gasteiger partial charge in [-0.05, 0) is 34.7 Å². The van der Waals surface area contributed by atoms with Gasteiger partial charge in [-0.1, -0.05) is 28.1 Å². The summed E-state index contributed by atoms with van der Waals surface area (Å²) in [5.41, 5.74) is -0.186. The molecule has 0 aromatic heterocycles. The average molecular weight is 381 g/mol. The highest BCUT2D eigenvalue weighted by atomic mass is 127. The van der Waals surface area contributed by atoms with Gasteiger partial charge in [0.05, 0.1) is 0 Å². The fourth-order valence-corrected chi connectivity index (χ4v) is 1.46. The van der Waals surface area contributed by atoms with E-state index in [0.29, 0.717) is 4.47 Å². The van der Waals surface area contributed by atoms with Crippen molar-refractivity contribution in [2.75, 3.05) is 0 Å². The Bertz CT molecular complexity index is 320. The first-order chi connectivity index (χ1) is 6.25. The molecule has 1 atom stereocenters. The third-order valence-electron chi connectivity index (χ3n) is 1.60. The van der Waals surface area contributed by atoms with E-state index in [1.807, 2.05) is 0 Å². The second kappa shape index (κ2) is 3.97. The molecule has 0 heterocycles. The molecule has 0 saturated carbocycles. The molecule has 6 heteroatoms. The van der Waals surface area contributed by atoms with Crippen LogP contribution >= 0.6 is 38.5 Å². The summed E-state index contributed by atoms with van der Waals surface area (Å²) in [6.07, 6.45) is -4.68. The lowest BCUT2D eigenvalue weighted by Crippen LogP contribution is -2.35. The number of hydrogen-bond donors (Lipinski definition) is 1. The Kier molecular flexibility index (Phi) is 3.48. The van der Waals surface area contributed by atoms with Crippen molar-refractivity contribution in [1.82, 2.24) is 0 Å². The third-order valence-corrected chi connectivity index (χ3v) is 3.37. The second-order valence-electron chi connectivity index (χ2n) is 2.63. The van der Waals surface area contributed by atoms with Gasteiger partial charge in [-0.2, -0.15) is 13.2 Å². The molecular weight excluding hydrogens is 376 g/mol. The van der Waals surface area contributed by atoms with E-state index in [-0.39, 0.29) is 5.56 Å². The quantitative estimate of drug-likeness (QED) is 0.583. The highest BCUT2D eigenvalue weighted by molar-refractivity contribution is 14.1. The minimum Gasteiger partial charge on any atom is -0.368 e. The summed E-state index contributed by atoms with van der Waals surface area (Å²) in [7, 11) is 0. The largest absolute Gasteiger partial charge is 0.430 e. The Morgan fingerprint density at radius 2 is 1.57 bits per heavy atom.